The molecule has 2 N–H and O–H groups in total. The zero-order chi connectivity index (χ0) is 19.1. The van der Waals surface area contributed by atoms with Gasteiger partial charge in [-0.05, 0) is 47.9 Å². The SMILES string of the molecule is CC(C)C(NC(=O)c1ccc(Cl)cc1)C(=O)Nc1ccc(CC#N)cc1. The number of carbonyl (C=O) groups excluding carboxylic acids is 2. The van der Waals surface area contributed by atoms with Crippen LogP contribution in [0.25, 0.3) is 0 Å². The van der Waals surface area contributed by atoms with Crippen molar-refractivity contribution in [1.29, 1.82) is 5.26 Å². The van der Waals surface area contributed by atoms with Crippen LogP contribution in [0.4, 0.5) is 5.69 Å². The molecule has 0 aromatic heterocycles. The minimum Gasteiger partial charge on any atom is -0.340 e. The molecule has 0 heterocycles. The van der Waals surface area contributed by atoms with Gasteiger partial charge >= 0.3 is 0 Å². The van der Waals surface area contributed by atoms with Gasteiger partial charge in [-0.2, -0.15) is 5.26 Å². The van der Waals surface area contributed by atoms with Crippen molar-refractivity contribution in [3.05, 3.63) is 64.7 Å². The summed E-state index contributed by atoms with van der Waals surface area (Å²) in [6, 6.07) is 14.9. The minimum atomic E-state index is -0.683. The number of halogens is 1. The van der Waals surface area contributed by atoms with E-state index in [4.69, 9.17) is 16.9 Å². The Hall–Kier alpha value is -2.84. The number of hydrogen-bond acceptors (Lipinski definition) is 3. The summed E-state index contributed by atoms with van der Waals surface area (Å²) in [6.07, 6.45) is 0.319. The van der Waals surface area contributed by atoms with Gasteiger partial charge in [0, 0.05) is 16.3 Å². The average molecular weight is 370 g/mol. The number of carbonyl (C=O) groups is 2. The molecule has 1 unspecified atom stereocenters. The van der Waals surface area contributed by atoms with Gasteiger partial charge in [0.15, 0.2) is 0 Å². The Labute approximate surface area is 158 Å². The van der Waals surface area contributed by atoms with Crippen molar-refractivity contribution in [2.45, 2.75) is 26.3 Å². The Kier molecular flexibility index (Phi) is 6.76. The quantitative estimate of drug-likeness (QED) is 0.812. The zero-order valence-electron chi connectivity index (χ0n) is 14.6. The summed E-state index contributed by atoms with van der Waals surface area (Å²) in [5.41, 5.74) is 1.93. The predicted molar refractivity (Wildman–Crippen MR) is 102 cm³/mol. The Morgan fingerprint density at radius 2 is 1.69 bits per heavy atom. The summed E-state index contributed by atoms with van der Waals surface area (Å²) in [5.74, 6) is -0.723. The normalized spacial score (nSPS) is 11.5. The molecule has 134 valence electrons. The van der Waals surface area contributed by atoms with Gasteiger partial charge in [0.1, 0.15) is 6.04 Å². The lowest BCUT2D eigenvalue weighted by Gasteiger charge is -2.22. The fourth-order valence-electron chi connectivity index (χ4n) is 2.38. The first-order valence-corrected chi connectivity index (χ1v) is 8.61. The van der Waals surface area contributed by atoms with E-state index in [-0.39, 0.29) is 17.7 Å². The fraction of sp³-hybridized carbons (Fsp3) is 0.250. The molecule has 0 saturated heterocycles. The van der Waals surface area contributed by atoms with E-state index in [1.807, 2.05) is 13.8 Å². The predicted octanol–water partition coefficient (Wildman–Crippen LogP) is 3.80. The number of amides is 2. The molecule has 5 nitrogen and oxygen atoms in total. The number of hydrogen-bond donors (Lipinski definition) is 2. The van der Waals surface area contributed by atoms with E-state index in [0.717, 1.165) is 5.56 Å². The largest absolute Gasteiger partial charge is 0.340 e. The second-order valence-electron chi connectivity index (χ2n) is 6.22. The van der Waals surface area contributed by atoms with Gasteiger partial charge in [0.25, 0.3) is 5.91 Å². The van der Waals surface area contributed by atoms with Crippen LogP contribution in [0.3, 0.4) is 0 Å². The number of benzene rings is 2. The first kappa shape index (κ1) is 19.5. The summed E-state index contributed by atoms with van der Waals surface area (Å²) < 4.78 is 0. The van der Waals surface area contributed by atoms with Crippen molar-refractivity contribution >= 4 is 29.1 Å². The summed E-state index contributed by atoms with van der Waals surface area (Å²) in [6.45, 7) is 3.73. The molecular formula is C20H20ClN3O2. The maximum Gasteiger partial charge on any atom is 0.251 e. The van der Waals surface area contributed by atoms with Gasteiger partial charge in [-0.25, -0.2) is 0 Å². The topological polar surface area (TPSA) is 82.0 Å². The highest BCUT2D eigenvalue weighted by Gasteiger charge is 2.24. The average Bonchev–Trinajstić information content (AvgIpc) is 2.61. The number of nitrogens with zero attached hydrogens (tertiary/aromatic N) is 1. The van der Waals surface area contributed by atoms with E-state index in [1.165, 1.54) is 0 Å². The van der Waals surface area contributed by atoms with E-state index in [1.54, 1.807) is 48.5 Å². The molecule has 0 bridgehead atoms. The molecule has 2 amide bonds. The minimum absolute atomic E-state index is 0.0934. The van der Waals surface area contributed by atoms with Crippen LogP contribution >= 0.6 is 11.6 Å². The number of nitriles is 1. The Morgan fingerprint density at radius 1 is 1.08 bits per heavy atom. The highest BCUT2D eigenvalue weighted by molar-refractivity contribution is 6.30. The van der Waals surface area contributed by atoms with E-state index in [0.29, 0.717) is 22.7 Å². The van der Waals surface area contributed by atoms with Gasteiger partial charge in [0.2, 0.25) is 5.91 Å². The van der Waals surface area contributed by atoms with Crippen LogP contribution in [-0.4, -0.2) is 17.9 Å². The number of anilines is 1. The van der Waals surface area contributed by atoms with Crippen LogP contribution in [0, 0.1) is 17.2 Å². The third kappa shape index (κ3) is 5.33. The van der Waals surface area contributed by atoms with Gasteiger partial charge < -0.3 is 10.6 Å². The summed E-state index contributed by atoms with van der Waals surface area (Å²) in [4.78, 5) is 25.0. The molecule has 0 radical (unpaired) electrons. The van der Waals surface area contributed by atoms with Gasteiger partial charge in [-0.1, -0.05) is 37.6 Å². The zero-order valence-corrected chi connectivity index (χ0v) is 15.4. The van der Waals surface area contributed by atoms with Crippen molar-refractivity contribution in [3.63, 3.8) is 0 Å². The highest BCUT2D eigenvalue weighted by Crippen LogP contribution is 2.14. The molecule has 0 aliphatic carbocycles. The van der Waals surface area contributed by atoms with Crippen LogP contribution < -0.4 is 10.6 Å². The van der Waals surface area contributed by atoms with Crippen LogP contribution in [0.2, 0.25) is 5.02 Å². The first-order chi connectivity index (χ1) is 12.4. The molecule has 2 aromatic rings. The monoisotopic (exact) mass is 369 g/mol. The Morgan fingerprint density at radius 3 is 2.23 bits per heavy atom. The molecule has 26 heavy (non-hydrogen) atoms. The third-order valence-corrected chi connectivity index (χ3v) is 4.10. The molecule has 2 rings (SSSR count). The van der Waals surface area contributed by atoms with Crippen molar-refractivity contribution in [2.24, 2.45) is 5.92 Å². The van der Waals surface area contributed by atoms with Gasteiger partial charge in [-0.3, -0.25) is 9.59 Å². The summed E-state index contributed by atoms with van der Waals surface area (Å²) in [7, 11) is 0. The van der Waals surface area contributed by atoms with E-state index in [9.17, 15) is 9.59 Å². The van der Waals surface area contributed by atoms with Gasteiger partial charge in [0.05, 0.1) is 12.5 Å². The number of nitrogens with one attached hydrogen (secondary N) is 2. The van der Waals surface area contributed by atoms with Crippen LogP contribution in [-0.2, 0) is 11.2 Å². The standard InChI is InChI=1S/C20H20ClN3O2/c1-13(2)18(24-19(25)15-5-7-16(21)8-6-15)20(26)23-17-9-3-14(4-10-17)11-12-22/h3-10,13,18H,11H2,1-2H3,(H,23,26)(H,24,25). The Bertz CT molecular complexity index is 808. The van der Waals surface area contributed by atoms with Crippen molar-refractivity contribution < 1.29 is 9.59 Å². The lowest BCUT2D eigenvalue weighted by Crippen LogP contribution is -2.47. The summed E-state index contributed by atoms with van der Waals surface area (Å²) >= 11 is 5.83. The molecule has 0 aliphatic heterocycles. The molecule has 0 spiro atoms. The van der Waals surface area contributed by atoms with Gasteiger partial charge in [-0.15, -0.1) is 0 Å². The molecule has 0 fully saturated rings. The van der Waals surface area contributed by atoms with Crippen molar-refractivity contribution in [1.82, 2.24) is 5.32 Å². The Balaban J connectivity index is 2.06. The smallest absolute Gasteiger partial charge is 0.251 e. The van der Waals surface area contributed by atoms with Crippen molar-refractivity contribution in [3.8, 4) is 6.07 Å². The lowest BCUT2D eigenvalue weighted by atomic mass is 10.0. The molecule has 0 saturated carbocycles. The number of rotatable bonds is 6. The van der Waals surface area contributed by atoms with Crippen molar-refractivity contribution in [2.75, 3.05) is 5.32 Å². The highest BCUT2D eigenvalue weighted by atomic mass is 35.5. The molecule has 2 aromatic carbocycles. The second kappa shape index (κ2) is 9.02. The molecular weight excluding hydrogens is 350 g/mol. The molecule has 1 atom stereocenters. The first-order valence-electron chi connectivity index (χ1n) is 8.24. The fourth-order valence-corrected chi connectivity index (χ4v) is 2.50. The molecule has 6 heteroatoms. The molecule has 0 aliphatic rings. The second-order valence-corrected chi connectivity index (χ2v) is 6.66. The maximum absolute atomic E-state index is 12.6. The van der Waals surface area contributed by atoms with Crippen LogP contribution in [0.1, 0.15) is 29.8 Å². The summed E-state index contributed by atoms with van der Waals surface area (Å²) in [5, 5.41) is 14.8. The maximum atomic E-state index is 12.6. The van der Waals surface area contributed by atoms with Crippen LogP contribution in [0.5, 0.6) is 0 Å². The van der Waals surface area contributed by atoms with Crippen LogP contribution in [0.15, 0.2) is 48.5 Å². The van der Waals surface area contributed by atoms with E-state index >= 15 is 0 Å². The van der Waals surface area contributed by atoms with E-state index in [2.05, 4.69) is 16.7 Å². The lowest BCUT2D eigenvalue weighted by molar-refractivity contribution is -0.118. The third-order valence-electron chi connectivity index (χ3n) is 3.85. The van der Waals surface area contributed by atoms with E-state index < -0.39 is 6.04 Å².